The second-order valence-corrected chi connectivity index (χ2v) is 4.75. The Bertz CT molecular complexity index is 344. The number of carbonyl (C=O) groups is 1. The standard InChI is InChI=1S/C11H15F6NO3/c12-10(13,14)5-20-8-3-1-2-7(4-8)18-9(19)21-6-11(15,16)17/h7-8H,1-6H2,(H,18,19). The third kappa shape index (κ3) is 8.64. The van der Waals surface area contributed by atoms with Crippen molar-refractivity contribution in [2.24, 2.45) is 0 Å². The molecule has 1 aliphatic rings. The zero-order chi connectivity index (χ0) is 16.1. The van der Waals surface area contributed by atoms with Gasteiger partial charge in [0.1, 0.15) is 6.61 Å². The van der Waals surface area contributed by atoms with Crippen molar-refractivity contribution in [3.05, 3.63) is 0 Å². The average Bonchev–Trinajstić information content (AvgIpc) is 2.33. The van der Waals surface area contributed by atoms with Crippen molar-refractivity contribution in [3.63, 3.8) is 0 Å². The summed E-state index contributed by atoms with van der Waals surface area (Å²) in [6.07, 6.45) is -9.51. The van der Waals surface area contributed by atoms with Gasteiger partial charge in [-0.2, -0.15) is 26.3 Å². The average molecular weight is 323 g/mol. The van der Waals surface area contributed by atoms with Crippen molar-refractivity contribution >= 4 is 6.09 Å². The maximum atomic E-state index is 12.0. The highest BCUT2D eigenvalue weighted by molar-refractivity contribution is 5.67. The van der Waals surface area contributed by atoms with Crippen LogP contribution < -0.4 is 5.32 Å². The summed E-state index contributed by atoms with van der Waals surface area (Å²) >= 11 is 0. The molecular formula is C11H15F6NO3. The van der Waals surface area contributed by atoms with Crippen LogP contribution in [0, 0.1) is 0 Å². The Kier molecular flexibility index (Phi) is 6.11. The van der Waals surface area contributed by atoms with Crippen molar-refractivity contribution in [2.45, 2.75) is 50.2 Å². The minimum atomic E-state index is -4.62. The van der Waals surface area contributed by atoms with E-state index in [2.05, 4.69) is 14.8 Å². The van der Waals surface area contributed by atoms with Crippen LogP contribution in [0.2, 0.25) is 0 Å². The van der Waals surface area contributed by atoms with E-state index in [-0.39, 0.29) is 6.42 Å². The predicted octanol–water partition coefficient (Wildman–Crippen LogP) is 3.17. The van der Waals surface area contributed by atoms with Crippen molar-refractivity contribution in [1.29, 1.82) is 0 Å². The Labute approximate surface area is 116 Å². The summed E-state index contributed by atoms with van der Waals surface area (Å²) in [5.74, 6) is 0. The van der Waals surface area contributed by atoms with Gasteiger partial charge in [0.05, 0.1) is 6.10 Å². The maximum absolute atomic E-state index is 12.0. The molecule has 1 amide bonds. The van der Waals surface area contributed by atoms with Crippen molar-refractivity contribution in [1.82, 2.24) is 5.32 Å². The monoisotopic (exact) mass is 323 g/mol. The molecule has 0 aliphatic heterocycles. The van der Waals surface area contributed by atoms with Gasteiger partial charge in [-0.15, -0.1) is 0 Å². The highest BCUT2D eigenvalue weighted by Crippen LogP contribution is 2.24. The van der Waals surface area contributed by atoms with E-state index in [4.69, 9.17) is 0 Å². The summed E-state index contributed by atoms with van der Waals surface area (Å²) in [5.41, 5.74) is 0. The van der Waals surface area contributed by atoms with E-state index in [9.17, 15) is 31.1 Å². The first kappa shape index (κ1) is 17.9. The Morgan fingerprint density at radius 3 is 2.24 bits per heavy atom. The number of nitrogens with one attached hydrogen (secondary N) is 1. The molecule has 1 fully saturated rings. The lowest BCUT2D eigenvalue weighted by atomic mass is 9.93. The minimum absolute atomic E-state index is 0.108. The van der Waals surface area contributed by atoms with E-state index in [1.807, 2.05) is 0 Å². The molecule has 0 aromatic heterocycles. The molecule has 124 valence electrons. The number of carbonyl (C=O) groups excluding carboxylic acids is 1. The number of alkyl halides is 6. The lowest BCUT2D eigenvalue weighted by molar-refractivity contribution is -0.188. The van der Waals surface area contributed by atoms with E-state index in [1.54, 1.807) is 0 Å². The molecule has 10 heteroatoms. The SMILES string of the molecule is O=C(NC1CCCC(OCC(F)(F)F)C1)OCC(F)(F)F. The molecule has 0 spiro atoms. The lowest BCUT2D eigenvalue weighted by Crippen LogP contribution is -2.42. The fraction of sp³-hybridized carbons (Fsp3) is 0.909. The molecule has 21 heavy (non-hydrogen) atoms. The van der Waals surface area contributed by atoms with Gasteiger partial charge in [-0.25, -0.2) is 4.79 Å². The van der Waals surface area contributed by atoms with Crippen molar-refractivity contribution in [2.75, 3.05) is 13.2 Å². The van der Waals surface area contributed by atoms with Gasteiger partial charge in [0, 0.05) is 6.04 Å². The van der Waals surface area contributed by atoms with Gasteiger partial charge < -0.3 is 14.8 Å². The summed E-state index contributed by atoms with van der Waals surface area (Å²) in [6, 6.07) is -0.558. The zero-order valence-electron chi connectivity index (χ0n) is 10.9. The number of hydrogen-bond donors (Lipinski definition) is 1. The summed E-state index contributed by atoms with van der Waals surface area (Å²) < 4.78 is 80.2. The molecule has 0 radical (unpaired) electrons. The molecule has 0 bridgehead atoms. The summed E-state index contributed by atoms with van der Waals surface area (Å²) in [5, 5.41) is 2.20. The van der Waals surface area contributed by atoms with Crippen LogP contribution in [0.25, 0.3) is 0 Å². The van der Waals surface area contributed by atoms with Crippen LogP contribution in [0.5, 0.6) is 0 Å². The zero-order valence-corrected chi connectivity index (χ0v) is 10.9. The normalized spacial score (nSPS) is 23.7. The van der Waals surface area contributed by atoms with E-state index in [0.717, 1.165) is 0 Å². The van der Waals surface area contributed by atoms with Crippen LogP contribution in [-0.4, -0.2) is 43.8 Å². The van der Waals surface area contributed by atoms with Crippen LogP contribution >= 0.6 is 0 Å². The topological polar surface area (TPSA) is 47.6 Å². The number of hydrogen-bond acceptors (Lipinski definition) is 3. The number of amides is 1. The van der Waals surface area contributed by atoms with Crippen LogP contribution in [0.3, 0.4) is 0 Å². The molecule has 0 aromatic rings. The third-order valence-electron chi connectivity index (χ3n) is 2.80. The van der Waals surface area contributed by atoms with Crippen LogP contribution in [-0.2, 0) is 9.47 Å². The van der Waals surface area contributed by atoms with Gasteiger partial charge in [0.15, 0.2) is 6.61 Å². The van der Waals surface area contributed by atoms with Crippen molar-refractivity contribution in [3.8, 4) is 0 Å². The van der Waals surface area contributed by atoms with Gasteiger partial charge in [0.2, 0.25) is 0 Å². The van der Waals surface area contributed by atoms with Crippen LogP contribution in [0.15, 0.2) is 0 Å². The largest absolute Gasteiger partial charge is 0.440 e. The van der Waals surface area contributed by atoms with Crippen LogP contribution in [0.1, 0.15) is 25.7 Å². The van der Waals surface area contributed by atoms with Crippen LogP contribution in [0.4, 0.5) is 31.1 Å². The van der Waals surface area contributed by atoms with Crippen molar-refractivity contribution < 1.29 is 40.6 Å². The number of halogens is 6. The second kappa shape index (κ2) is 7.19. The van der Waals surface area contributed by atoms with E-state index >= 15 is 0 Å². The second-order valence-electron chi connectivity index (χ2n) is 4.75. The smallest absolute Gasteiger partial charge is 0.422 e. The molecule has 4 nitrogen and oxygen atoms in total. The highest BCUT2D eigenvalue weighted by Gasteiger charge is 2.33. The fourth-order valence-electron chi connectivity index (χ4n) is 2.00. The molecule has 0 saturated heterocycles. The quantitative estimate of drug-likeness (QED) is 0.809. The first-order valence-corrected chi connectivity index (χ1v) is 6.23. The minimum Gasteiger partial charge on any atom is -0.440 e. The Morgan fingerprint density at radius 2 is 1.67 bits per heavy atom. The maximum Gasteiger partial charge on any atom is 0.422 e. The van der Waals surface area contributed by atoms with Gasteiger partial charge in [0.25, 0.3) is 0 Å². The Hall–Kier alpha value is -1.19. The van der Waals surface area contributed by atoms with E-state index in [0.29, 0.717) is 19.3 Å². The molecule has 2 atom stereocenters. The molecule has 1 N–H and O–H groups in total. The first-order chi connectivity index (χ1) is 9.55. The Morgan fingerprint density at radius 1 is 1.05 bits per heavy atom. The third-order valence-corrected chi connectivity index (χ3v) is 2.80. The summed E-state index contributed by atoms with van der Waals surface area (Å²) in [4.78, 5) is 11.1. The lowest BCUT2D eigenvalue weighted by Gasteiger charge is -2.29. The van der Waals surface area contributed by atoms with Gasteiger partial charge >= 0.3 is 18.4 Å². The molecule has 1 saturated carbocycles. The fourth-order valence-corrected chi connectivity index (χ4v) is 2.00. The number of rotatable bonds is 4. The summed E-state index contributed by atoms with van der Waals surface area (Å²) in [6.45, 7) is -3.09. The molecule has 0 aromatic carbocycles. The molecule has 2 unspecified atom stereocenters. The molecule has 0 heterocycles. The predicted molar refractivity (Wildman–Crippen MR) is 58.6 cm³/mol. The molecule has 1 rings (SSSR count). The van der Waals surface area contributed by atoms with Gasteiger partial charge in [-0.1, -0.05) is 0 Å². The van der Waals surface area contributed by atoms with E-state index in [1.165, 1.54) is 0 Å². The molecule has 1 aliphatic carbocycles. The molecular weight excluding hydrogens is 308 g/mol. The highest BCUT2D eigenvalue weighted by atomic mass is 19.4. The van der Waals surface area contributed by atoms with Gasteiger partial charge in [-0.05, 0) is 25.7 Å². The van der Waals surface area contributed by atoms with Gasteiger partial charge in [-0.3, -0.25) is 0 Å². The summed E-state index contributed by atoms with van der Waals surface area (Å²) in [7, 11) is 0. The number of alkyl carbamates (subject to hydrolysis) is 1. The number of ether oxygens (including phenoxy) is 2. The van der Waals surface area contributed by atoms with E-state index < -0.39 is 43.8 Å². The Balaban J connectivity index is 2.30. The first-order valence-electron chi connectivity index (χ1n) is 6.23.